The summed E-state index contributed by atoms with van der Waals surface area (Å²) >= 11 is 6.44. The lowest BCUT2D eigenvalue weighted by Crippen LogP contribution is -2.45. The molecule has 110 valence electrons. The van der Waals surface area contributed by atoms with Crippen LogP contribution >= 0.6 is 23.6 Å². The number of rotatable bonds is 7. The predicted octanol–water partition coefficient (Wildman–Crippen LogP) is 2.51. The Balaban J connectivity index is 2.17. The fourth-order valence-corrected chi connectivity index (χ4v) is 2.57. The van der Waals surface area contributed by atoms with Gasteiger partial charge in [0.1, 0.15) is 0 Å². The number of benzene rings is 1. The van der Waals surface area contributed by atoms with Gasteiger partial charge in [-0.25, -0.2) is 9.78 Å². The van der Waals surface area contributed by atoms with Crippen LogP contribution in [0.2, 0.25) is 0 Å². The summed E-state index contributed by atoms with van der Waals surface area (Å²) in [5, 5.41) is 4.05. The largest absolute Gasteiger partial charge is 0.467 e. The molecule has 0 saturated carbocycles. The van der Waals surface area contributed by atoms with Crippen LogP contribution in [0.3, 0.4) is 0 Å². The lowest BCUT2D eigenvalue weighted by Gasteiger charge is -2.27. The second kappa shape index (κ2) is 7.70. The SMILES string of the molecule is COC(=O)[C@H](Cc1ccccc1)N(C=S)Nc1nccs1. The maximum atomic E-state index is 12.1. The third kappa shape index (κ3) is 4.24. The molecule has 7 heteroatoms. The van der Waals surface area contributed by atoms with Crippen LogP contribution in [0.1, 0.15) is 5.56 Å². The lowest BCUT2D eigenvalue weighted by molar-refractivity contribution is -0.144. The van der Waals surface area contributed by atoms with Gasteiger partial charge in [0.05, 0.1) is 12.6 Å². The van der Waals surface area contributed by atoms with Gasteiger partial charge in [-0.3, -0.25) is 10.4 Å². The average molecular weight is 321 g/mol. The van der Waals surface area contributed by atoms with Crippen molar-refractivity contribution < 1.29 is 9.53 Å². The van der Waals surface area contributed by atoms with Gasteiger partial charge in [-0.2, -0.15) is 0 Å². The summed E-state index contributed by atoms with van der Waals surface area (Å²) in [5.41, 5.74) is 5.44. The van der Waals surface area contributed by atoms with Crippen molar-refractivity contribution in [3.8, 4) is 0 Å². The summed E-state index contributed by atoms with van der Waals surface area (Å²) in [5.74, 6) is -0.357. The van der Waals surface area contributed by atoms with E-state index in [0.717, 1.165) is 5.56 Å². The van der Waals surface area contributed by atoms with E-state index in [1.165, 1.54) is 23.9 Å². The first kappa shape index (κ1) is 15.4. The number of thiazole rings is 1. The Morgan fingerprint density at radius 3 is 2.86 bits per heavy atom. The maximum Gasteiger partial charge on any atom is 0.330 e. The number of anilines is 1. The van der Waals surface area contributed by atoms with Crippen LogP contribution in [0.25, 0.3) is 0 Å². The third-order valence-corrected chi connectivity index (χ3v) is 3.76. The van der Waals surface area contributed by atoms with Gasteiger partial charge < -0.3 is 4.74 Å². The first-order valence-corrected chi connectivity index (χ1v) is 7.61. The van der Waals surface area contributed by atoms with Crippen molar-refractivity contribution >= 4 is 40.1 Å². The molecule has 0 fully saturated rings. The van der Waals surface area contributed by atoms with E-state index < -0.39 is 6.04 Å². The molecule has 2 aromatic rings. The highest BCUT2D eigenvalue weighted by atomic mass is 32.1. The molecule has 1 N–H and O–H groups in total. The monoisotopic (exact) mass is 321 g/mol. The number of aromatic nitrogens is 1. The molecule has 0 aliphatic rings. The molecule has 0 radical (unpaired) electrons. The van der Waals surface area contributed by atoms with Crippen LogP contribution in [0, 0.1) is 0 Å². The quantitative estimate of drug-likeness (QED) is 0.480. The second-order valence-electron chi connectivity index (χ2n) is 4.19. The highest BCUT2D eigenvalue weighted by Gasteiger charge is 2.26. The van der Waals surface area contributed by atoms with Gasteiger partial charge in [0.25, 0.3) is 0 Å². The third-order valence-electron chi connectivity index (χ3n) is 2.85. The van der Waals surface area contributed by atoms with E-state index in [1.54, 1.807) is 11.2 Å². The van der Waals surface area contributed by atoms with E-state index >= 15 is 0 Å². The Morgan fingerprint density at radius 2 is 2.29 bits per heavy atom. The van der Waals surface area contributed by atoms with Gasteiger partial charge in [0, 0.05) is 18.0 Å². The number of nitrogens with one attached hydrogen (secondary N) is 1. The minimum absolute atomic E-state index is 0.357. The van der Waals surface area contributed by atoms with Crippen molar-refractivity contribution in [1.29, 1.82) is 0 Å². The molecule has 0 spiro atoms. The summed E-state index contributed by atoms with van der Waals surface area (Å²) < 4.78 is 4.88. The molecule has 2 rings (SSSR count). The zero-order chi connectivity index (χ0) is 15.1. The molecule has 0 aliphatic carbocycles. The first-order valence-electron chi connectivity index (χ1n) is 6.26. The summed E-state index contributed by atoms with van der Waals surface area (Å²) in [6, 6.07) is 9.15. The van der Waals surface area contributed by atoms with Crippen LogP contribution in [-0.4, -0.2) is 34.6 Å². The van der Waals surface area contributed by atoms with Crippen molar-refractivity contribution in [1.82, 2.24) is 9.99 Å². The Bertz CT molecular complexity index is 575. The van der Waals surface area contributed by atoms with Crippen LogP contribution in [0.5, 0.6) is 0 Å². The smallest absolute Gasteiger partial charge is 0.330 e. The Morgan fingerprint density at radius 1 is 1.52 bits per heavy atom. The molecule has 0 amide bonds. The summed E-state index contributed by atoms with van der Waals surface area (Å²) in [4.78, 5) is 16.2. The van der Waals surface area contributed by atoms with Gasteiger partial charge in [-0.05, 0) is 5.56 Å². The number of carbonyl (C=O) groups excluding carboxylic acids is 1. The fourth-order valence-electron chi connectivity index (χ4n) is 1.84. The number of carbonyl (C=O) groups is 1. The minimum atomic E-state index is -0.557. The Kier molecular flexibility index (Phi) is 5.65. The van der Waals surface area contributed by atoms with E-state index in [9.17, 15) is 4.79 Å². The second-order valence-corrected chi connectivity index (χ2v) is 5.30. The summed E-state index contributed by atoms with van der Waals surface area (Å²) in [6.45, 7) is 0. The van der Waals surface area contributed by atoms with E-state index in [1.807, 2.05) is 35.7 Å². The van der Waals surface area contributed by atoms with Crippen molar-refractivity contribution in [2.45, 2.75) is 12.5 Å². The van der Waals surface area contributed by atoms with Gasteiger partial charge >= 0.3 is 5.97 Å². The van der Waals surface area contributed by atoms with Crippen LogP contribution in [0.15, 0.2) is 41.9 Å². The van der Waals surface area contributed by atoms with E-state index in [4.69, 9.17) is 17.0 Å². The molecule has 1 aromatic heterocycles. The molecule has 1 atom stereocenters. The maximum absolute atomic E-state index is 12.1. The summed E-state index contributed by atoms with van der Waals surface area (Å²) in [7, 11) is 1.37. The molecule has 0 bridgehead atoms. The molecular weight excluding hydrogens is 306 g/mol. The van der Waals surface area contributed by atoms with E-state index in [2.05, 4.69) is 10.4 Å². The normalized spacial score (nSPS) is 11.5. The Hall–Kier alpha value is -1.99. The predicted molar refractivity (Wildman–Crippen MR) is 87.2 cm³/mol. The van der Waals surface area contributed by atoms with Crippen molar-refractivity contribution in [2.75, 3.05) is 12.5 Å². The number of hydrogen-bond donors (Lipinski definition) is 1. The highest BCUT2D eigenvalue weighted by Crippen LogP contribution is 2.15. The van der Waals surface area contributed by atoms with E-state index in [0.29, 0.717) is 11.6 Å². The number of thiocarbonyl (C=S) groups is 1. The topological polar surface area (TPSA) is 54.5 Å². The first-order chi connectivity index (χ1) is 10.2. The van der Waals surface area contributed by atoms with Gasteiger partial charge in [0.15, 0.2) is 6.04 Å². The Labute approximate surface area is 132 Å². The number of hydrogen-bond acceptors (Lipinski definition) is 6. The van der Waals surface area contributed by atoms with E-state index in [-0.39, 0.29) is 5.97 Å². The molecule has 5 nitrogen and oxygen atoms in total. The molecule has 0 unspecified atom stereocenters. The number of nitrogens with zero attached hydrogens (tertiary/aromatic N) is 2. The van der Waals surface area contributed by atoms with Gasteiger partial charge in [-0.15, -0.1) is 11.3 Å². The number of ether oxygens (including phenoxy) is 1. The molecule has 21 heavy (non-hydrogen) atoms. The van der Waals surface area contributed by atoms with Crippen molar-refractivity contribution in [3.05, 3.63) is 47.5 Å². The van der Waals surface area contributed by atoms with Gasteiger partial charge in [0.2, 0.25) is 5.13 Å². The number of methoxy groups -OCH3 is 1. The molecule has 0 saturated heterocycles. The molecule has 0 aliphatic heterocycles. The van der Waals surface area contributed by atoms with Crippen LogP contribution in [-0.2, 0) is 16.0 Å². The minimum Gasteiger partial charge on any atom is -0.467 e. The standard InChI is InChI=1S/C14H15N3O2S2/c1-19-13(18)12(9-11-5-3-2-4-6-11)17(10-20)16-14-15-7-8-21-14/h2-8,10,12H,9H2,1H3,(H,15,16)/t12-/m0/s1. The highest BCUT2D eigenvalue weighted by molar-refractivity contribution is 7.78. The zero-order valence-corrected chi connectivity index (χ0v) is 13.1. The molecule has 1 aromatic carbocycles. The molecular formula is C14H15N3O2S2. The van der Waals surface area contributed by atoms with Crippen molar-refractivity contribution in [2.24, 2.45) is 0 Å². The zero-order valence-electron chi connectivity index (χ0n) is 11.4. The van der Waals surface area contributed by atoms with Crippen LogP contribution in [0.4, 0.5) is 5.13 Å². The number of esters is 1. The number of hydrazine groups is 1. The summed E-state index contributed by atoms with van der Waals surface area (Å²) in [6.07, 6.45) is 2.16. The average Bonchev–Trinajstić information content (AvgIpc) is 3.04. The van der Waals surface area contributed by atoms with Crippen LogP contribution < -0.4 is 5.43 Å². The molecule has 1 heterocycles. The fraction of sp³-hybridized carbons (Fsp3) is 0.214. The van der Waals surface area contributed by atoms with Gasteiger partial charge in [-0.1, -0.05) is 42.5 Å². The lowest BCUT2D eigenvalue weighted by atomic mass is 10.1. The van der Waals surface area contributed by atoms with Crippen molar-refractivity contribution in [3.63, 3.8) is 0 Å².